The van der Waals surface area contributed by atoms with Gasteiger partial charge >= 0.3 is 5.97 Å². The lowest BCUT2D eigenvalue weighted by molar-refractivity contribution is -0.143. The molecule has 0 aromatic heterocycles. The summed E-state index contributed by atoms with van der Waals surface area (Å²) < 4.78 is 0. The van der Waals surface area contributed by atoms with Gasteiger partial charge in [0.05, 0.1) is 12.1 Å². The second-order valence-corrected chi connectivity index (χ2v) is 8.61. The summed E-state index contributed by atoms with van der Waals surface area (Å²) in [6.07, 6.45) is 1.81. The summed E-state index contributed by atoms with van der Waals surface area (Å²) in [5.74, 6) is -3.47. The molecule has 1 fully saturated rings. The van der Waals surface area contributed by atoms with Gasteiger partial charge in [0.25, 0.3) is 0 Å². The molecule has 1 aliphatic rings. The van der Waals surface area contributed by atoms with E-state index in [1.54, 1.807) is 0 Å². The first kappa shape index (κ1) is 27.7. The van der Waals surface area contributed by atoms with E-state index in [0.717, 1.165) is 6.42 Å². The summed E-state index contributed by atoms with van der Waals surface area (Å²) in [7, 11) is 0. The van der Waals surface area contributed by atoms with E-state index < -0.39 is 54.0 Å². The summed E-state index contributed by atoms with van der Waals surface area (Å²) in [6.45, 7) is 1.98. The summed E-state index contributed by atoms with van der Waals surface area (Å²) >= 11 is 1.48. The van der Waals surface area contributed by atoms with Crippen LogP contribution >= 0.6 is 11.8 Å². The second-order valence-electron chi connectivity index (χ2n) is 7.62. The van der Waals surface area contributed by atoms with Gasteiger partial charge in [0.2, 0.25) is 23.6 Å². The van der Waals surface area contributed by atoms with Crippen molar-refractivity contribution >= 4 is 41.4 Å². The first-order valence-electron chi connectivity index (χ1n) is 10.4. The molecule has 1 aliphatic heterocycles. The van der Waals surface area contributed by atoms with Gasteiger partial charge in [-0.05, 0) is 51.2 Å². The van der Waals surface area contributed by atoms with Crippen molar-refractivity contribution in [3.8, 4) is 0 Å². The largest absolute Gasteiger partial charge is 0.480 e. The van der Waals surface area contributed by atoms with Gasteiger partial charge in [-0.2, -0.15) is 11.8 Å². The van der Waals surface area contributed by atoms with Crippen LogP contribution in [-0.2, 0) is 24.0 Å². The Morgan fingerprint density at radius 1 is 1.09 bits per heavy atom. The first-order valence-corrected chi connectivity index (χ1v) is 11.8. The van der Waals surface area contributed by atoms with Crippen LogP contribution in [0.4, 0.5) is 0 Å². The average molecular weight is 476 g/mol. The number of nitrogens with one attached hydrogen (secondary N) is 4. The van der Waals surface area contributed by atoms with Crippen molar-refractivity contribution < 1.29 is 34.2 Å². The van der Waals surface area contributed by atoms with Crippen LogP contribution in [0.3, 0.4) is 0 Å². The fraction of sp³-hybridized carbons (Fsp3) is 0.737. The summed E-state index contributed by atoms with van der Waals surface area (Å²) in [6, 6.07) is -4.21. The summed E-state index contributed by atoms with van der Waals surface area (Å²) in [5.41, 5.74) is 5.02. The molecular weight excluding hydrogens is 442 g/mol. The van der Waals surface area contributed by atoms with Gasteiger partial charge in [-0.15, -0.1) is 0 Å². The SMILES string of the molecule is CSCCC(NC(=O)C1CCCN1)C(=O)NC(C(=O)NC(CCC(N)=O)C(=O)O)C(C)O. The molecule has 0 saturated carbocycles. The van der Waals surface area contributed by atoms with E-state index in [9.17, 15) is 34.2 Å². The molecule has 0 radical (unpaired) electrons. The lowest BCUT2D eigenvalue weighted by atomic mass is 10.1. The van der Waals surface area contributed by atoms with E-state index in [4.69, 9.17) is 5.73 Å². The zero-order valence-electron chi connectivity index (χ0n) is 18.3. The number of aliphatic carboxylic acids is 1. The van der Waals surface area contributed by atoms with Crippen LogP contribution < -0.4 is 27.0 Å². The van der Waals surface area contributed by atoms with Crippen LogP contribution in [0.2, 0.25) is 0 Å². The molecule has 0 spiro atoms. The highest BCUT2D eigenvalue weighted by molar-refractivity contribution is 7.98. The van der Waals surface area contributed by atoms with E-state index >= 15 is 0 Å². The number of nitrogens with two attached hydrogens (primary N) is 1. The molecule has 32 heavy (non-hydrogen) atoms. The van der Waals surface area contributed by atoms with Crippen LogP contribution in [0.5, 0.6) is 0 Å². The maximum atomic E-state index is 12.8. The summed E-state index contributed by atoms with van der Waals surface area (Å²) in [5, 5.41) is 29.6. The van der Waals surface area contributed by atoms with E-state index in [0.29, 0.717) is 25.1 Å². The third kappa shape index (κ3) is 9.40. The maximum Gasteiger partial charge on any atom is 0.326 e. The third-order valence-electron chi connectivity index (χ3n) is 4.98. The molecule has 12 nitrogen and oxygen atoms in total. The molecule has 8 N–H and O–H groups in total. The second kappa shape index (κ2) is 13.9. The monoisotopic (exact) mass is 475 g/mol. The van der Waals surface area contributed by atoms with E-state index in [1.165, 1.54) is 18.7 Å². The Morgan fingerprint density at radius 2 is 1.78 bits per heavy atom. The fourth-order valence-electron chi connectivity index (χ4n) is 3.15. The molecule has 182 valence electrons. The number of rotatable bonds is 14. The van der Waals surface area contributed by atoms with Crippen LogP contribution in [-0.4, -0.2) is 88.6 Å². The Labute approximate surface area is 190 Å². The van der Waals surface area contributed by atoms with Crippen molar-refractivity contribution in [2.75, 3.05) is 18.6 Å². The number of hydrogen-bond donors (Lipinski definition) is 7. The predicted molar refractivity (Wildman–Crippen MR) is 118 cm³/mol. The number of aliphatic hydroxyl groups is 1. The van der Waals surface area contributed by atoms with E-state index in [-0.39, 0.29) is 18.7 Å². The van der Waals surface area contributed by atoms with Gasteiger partial charge < -0.3 is 37.2 Å². The molecule has 4 amide bonds. The van der Waals surface area contributed by atoms with Gasteiger partial charge in [0.15, 0.2) is 0 Å². The molecule has 1 rings (SSSR count). The zero-order chi connectivity index (χ0) is 24.3. The number of carboxylic acid groups (broad SMARTS) is 1. The topological polar surface area (TPSA) is 200 Å². The van der Waals surface area contributed by atoms with Gasteiger partial charge in [-0.3, -0.25) is 19.2 Å². The highest BCUT2D eigenvalue weighted by Gasteiger charge is 2.33. The Hall–Kier alpha value is -2.38. The van der Waals surface area contributed by atoms with E-state index in [1.807, 2.05) is 6.26 Å². The maximum absolute atomic E-state index is 12.8. The van der Waals surface area contributed by atoms with Crippen molar-refractivity contribution in [3.05, 3.63) is 0 Å². The number of thioether (sulfide) groups is 1. The number of amides is 4. The third-order valence-corrected chi connectivity index (χ3v) is 5.62. The number of aliphatic hydroxyl groups excluding tert-OH is 1. The Balaban J connectivity index is 2.84. The average Bonchev–Trinajstić information content (AvgIpc) is 3.26. The van der Waals surface area contributed by atoms with Crippen molar-refractivity contribution in [1.29, 1.82) is 0 Å². The first-order chi connectivity index (χ1) is 15.1. The van der Waals surface area contributed by atoms with Gasteiger partial charge in [0.1, 0.15) is 18.1 Å². The minimum Gasteiger partial charge on any atom is -0.480 e. The lowest BCUT2D eigenvalue weighted by Crippen LogP contribution is -2.59. The lowest BCUT2D eigenvalue weighted by Gasteiger charge is -2.26. The molecule has 13 heteroatoms. The smallest absolute Gasteiger partial charge is 0.326 e. The predicted octanol–water partition coefficient (Wildman–Crippen LogP) is -2.32. The fourth-order valence-corrected chi connectivity index (χ4v) is 3.62. The molecule has 5 unspecified atom stereocenters. The molecule has 0 aromatic rings. The Kier molecular flexibility index (Phi) is 12.0. The Bertz CT molecular complexity index is 685. The van der Waals surface area contributed by atoms with Crippen molar-refractivity contribution in [3.63, 3.8) is 0 Å². The Morgan fingerprint density at radius 3 is 2.28 bits per heavy atom. The number of carbonyl (C=O) groups excluding carboxylic acids is 4. The molecule has 5 atom stereocenters. The molecule has 0 bridgehead atoms. The van der Waals surface area contributed by atoms with Gasteiger partial charge in [-0.1, -0.05) is 0 Å². The number of carbonyl (C=O) groups is 5. The number of hydrogen-bond acceptors (Lipinski definition) is 8. The quantitative estimate of drug-likeness (QED) is 0.144. The van der Waals surface area contributed by atoms with Gasteiger partial charge in [0, 0.05) is 6.42 Å². The highest BCUT2D eigenvalue weighted by Crippen LogP contribution is 2.08. The van der Waals surface area contributed by atoms with Crippen molar-refractivity contribution in [2.45, 2.75) is 69.3 Å². The molecule has 0 aromatic carbocycles. The van der Waals surface area contributed by atoms with Crippen molar-refractivity contribution in [2.24, 2.45) is 5.73 Å². The highest BCUT2D eigenvalue weighted by atomic mass is 32.2. The molecule has 0 aliphatic carbocycles. The van der Waals surface area contributed by atoms with Crippen molar-refractivity contribution in [1.82, 2.24) is 21.3 Å². The summed E-state index contributed by atoms with van der Waals surface area (Å²) in [4.78, 5) is 60.1. The molecule has 1 saturated heterocycles. The van der Waals surface area contributed by atoms with Gasteiger partial charge in [-0.25, -0.2) is 4.79 Å². The molecule has 1 heterocycles. The normalized spacial score (nSPS) is 19.3. The zero-order valence-corrected chi connectivity index (χ0v) is 19.1. The minimum atomic E-state index is -1.46. The number of primary amides is 1. The van der Waals surface area contributed by atoms with E-state index in [2.05, 4.69) is 21.3 Å². The van der Waals surface area contributed by atoms with Crippen LogP contribution in [0, 0.1) is 0 Å². The van der Waals surface area contributed by atoms with Crippen LogP contribution in [0.15, 0.2) is 0 Å². The van der Waals surface area contributed by atoms with Crippen LogP contribution in [0.25, 0.3) is 0 Å². The standard InChI is InChI=1S/C19H33N5O7S/c1-10(25)15(18(29)23-13(19(30)31)5-6-14(20)26)24-17(28)12(7-9-32-2)22-16(27)11-4-3-8-21-11/h10-13,15,21,25H,3-9H2,1-2H3,(H2,20,26)(H,22,27)(H,23,29)(H,24,28)(H,30,31). The molecular formula is C19H33N5O7S. The minimum absolute atomic E-state index is 0.238. The van der Waals surface area contributed by atoms with Crippen LogP contribution in [0.1, 0.15) is 39.0 Å². The number of carboxylic acids is 1.